The highest BCUT2D eigenvalue weighted by Gasteiger charge is 2.23. The average Bonchev–Trinajstić information content (AvgIpc) is 2.98. The van der Waals surface area contributed by atoms with Gasteiger partial charge in [-0.1, -0.05) is 36.4 Å². The predicted octanol–water partition coefficient (Wildman–Crippen LogP) is 4.30. The lowest BCUT2D eigenvalue weighted by atomic mass is 9.99. The van der Waals surface area contributed by atoms with Crippen LogP contribution in [-0.4, -0.2) is 24.9 Å². The van der Waals surface area contributed by atoms with Gasteiger partial charge in [-0.05, 0) is 56.0 Å². The molecule has 0 spiro atoms. The molecule has 2 aromatic carbocycles. The van der Waals surface area contributed by atoms with E-state index in [1.165, 1.54) is 0 Å². The minimum absolute atomic E-state index is 0.115. The van der Waals surface area contributed by atoms with Gasteiger partial charge in [-0.3, -0.25) is 4.79 Å². The number of Topliss-reactive ketones (excluding diaryl/α,β-unsaturated/α-hetero) is 1. The Hall–Kier alpha value is -2.73. The first-order valence-electron chi connectivity index (χ1n) is 9.46. The normalized spacial score (nSPS) is 11.6. The van der Waals surface area contributed by atoms with Crippen molar-refractivity contribution < 1.29 is 17.6 Å². The van der Waals surface area contributed by atoms with Crippen molar-refractivity contribution in [1.82, 2.24) is 4.98 Å². The lowest BCUT2D eigenvalue weighted by molar-refractivity contribution is -0.116. The van der Waals surface area contributed by atoms with E-state index in [4.69, 9.17) is 4.42 Å². The predicted molar refractivity (Wildman–Crippen MR) is 114 cm³/mol. The second kappa shape index (κ2) is 8.33. The van der Waals surface area contributed by atoms with Crippen molar-refractivity contribution in [2.45, 2.75) is 39.9 Å². The summed E-state index contributed by atoms with van der Waals surface area (Å²) in [4.78, 5) is 16.8. The van der Waals surface area contributed by atoms with Crippen molar-refractivity contribution in [1.29, 1.82) is 0 Å². The maximum atomic E-state index is 12.6. The number of sulfone groups is 1. The minimum Gasteiger partial charge on any atom is -0.441 e. The summed E-state index contributed by atoms with van der Waals surface area (Å²) in [5, 5.41) is 0. The maximum absolute atomic E-state index is 12.6. The summed E-state index contributed by atoms with van der Waals surface area (Å²) >= 11 is 0. The van der Waals surface area contributed by atoms with Gasteiger partial charge in [0.2, 0.25) is 5.89 Å². The quantitative estimate of drug-likeness (QED) is 0.579. The molecule has 29 heavy (non-hydrogen) atoms. The van der Waals surface area contributed by atoms with Crippen LogP contribution in [0.15, 0.2) is 46.9 Å². The smallest absolute Gasteiger partial charge is 0.226 e. The van der Waals surface area contributed by atoms with Crippen LogP contribution in [0.2, 0.25) is 0 Å². The molecule has 0 bridgehead atoms. The first-order chi connectivity index (χ1) is 13.7. The third-order valence-corrected chi connectivity index (χ3v) is 6.50. The highest BCUT2D eigenvalue weighted by molar-refractivity contribution is 7.91. The van der Waals surface area contributed by atoms with Crippen molar-refractivity contribution in [2.75, 3.05) is 5.75 Å². The lowest BCUT2D eigenvalue weighted by Crippen LogP contribution is -2.20. The van der Waals surface area contributed by atoms with Crippen molar-refractivity contribution in [3.8, 4) is 11.5 Å². The van der Waals surface area contributed by atoms with Crippen LogP contribution in [0, 0.1) is 27.7 Å². The van der Waals surface area contributed by atoms with Crippen LogP contribution < -0.4 is 0 Å². The summed E-state index contributed by atoms with van der Waals surface area (Å²) in [5.41, 5.74) is 5.05. The Kier molecular flexibility index (Phi) is 6.03. The standard InChI is InChI=1S/C23H25NO4S/c1-15-8-5-6-11-20(15)23-24-22(18(4)28-23)14-29(26,27)13-19(25)12-21-16(2)9-7-10-17(21)3/h5-11H,12-14H2,1-4H3. The molecule has 1 aromatic heterocycles. The summed E-state index contributed by atoms with van der Waals surface area (Å²) in [6.07, 6.45) is 0.115. The first kappa shape index (κ1) is 21.0. The molecule has 0 N–H and O–H groups in total. The molecule has 0 saturated carbocycles. The van der Waals surface area contributed by atoms with E-state index in [-0.39, 0.29) is 18.0 Å². The number of aryl methyl sites for hydroxylation is 4. The van der Waals surface area contributed by atoms with Crippen LogP contribution in [0.3, 0.4) is 0 Å². The molecule has 6 heteroatoms. The summed E-state index contributed by atoms with van der Waals surface area (Å²) in [5.74, 6) is -0.288. The largest absolute Gasteiger partial charge is 0.441 e. The van der Waals surface area contributed by atoms with Gasteiger partial charge in [-0.2, -0.15) is 0 Å². The molecule has 0 saturated heterocycles. The van der Waals surface area contributed by atoms with Gasteiger partial charge in [-0.25, -0.2) is 13.4 Å². The molecule has 0 radical (unpaired) electrons. The fourth-order valence-corrected chi connectivity index (χ4v) is 4.75. The van der Waals surface area contributed by atoms with Crippen LogP contribution >= 0.6 is 0 Å². The van der Waals surface area contributed by atoms with Crippen molar-refractivity contribution >= 4 is 15.6 Å². The second-order valence-electron chi connectivity index (χ2n) is 7.45. The van der Waals surface area contributed by atoms with Crippen LogP contribution in [0.5, 0.6) is 0 Å². The van der Waals surface area contributed by atoms with E-state index in [2.05, 4.69) is 4.98 Å². The summed E-state index contributed by atoms with van der Waals surface area (Å²) in [6.45, 7) is 7.49. The fraction of sp³-hybridized carbons (Fsp3) is 0.304. The Morgan fingerprint density at radius 1 is 0.931 bits per heavy atom. The number of oxazole rings is 1. The number of nitrogens with zero attached hydrogens (tertiary/aromatic N) is 1. The van der Waals surface area contributed by atoms with Gasteiger partial charge >= 0.3 is 0 Å². The minimum atomic E-state index is -3.65. The molecular formula is C23H25NO4S. The molecular weight excluding hydrogens is 386 g/mol. The number of aromatic nitrogens is 1. The zero-order valence-electron chi connectivity index (χ0n) is 17.2. The number of rotatable bonds is 7. The van der Waals surface area contributed by atoms with Crippen LogP contribution in [0.4, 0.5) is 0 Å². The van der Waals surface area contributed by atoms with Gasteiger partial charge in [0.25, 0.3) is 0 Å². The van der Waals surface area contributed by atoms with E-state index >= 15 is 0 Å². The zero-order valence-corrected chi connectivity index (χ0v) is 18.0. The zero-order chi connectivity index (χ0) is 21.2. The van der Waals surface area contributed by atoms with Gasteiger partial charge in [0.1, 0.15) is 11.5 Å². The maximum Gasteiger partial charge on any atom is 0.226 e. The third-order valence-electron chi connectivity index (χ3n) is 5.02. The van der Waals surface area contributed by atoms with E-state index in [1.807, 2.05) is 63.2 Å². The van der Waals surface area contributed by atoms with Gasteiger partial charge < -0.3 is 4.42 Å². The lowest BCUT2D eigenvalue weighted by Gasteiger charge is -2.09. The summed E-state index contributed by atoms with van der Waals surface area (Å²) in [7, 11) is -3.65. The molecule has 0 aliphatic rings. The van der Waals surface area contributed by atoms with E-state index in [1.54, 1.807) is 6.92 Å². The second-order valence-corrected chi connectivity index (χ2v) is 9.52. The molecule has 0 amide bonds. The molecule has 0 fully saturated rings. The molecule has 1 heterocycles. The Morgan fingerprint density at radius 3 is 2.21 bits per heavy atom. The third kappa shape index (κ3) is 5.01. The van der Waals surface area contributed by atoms with Crippen molar-refractivity contribution in [3.63, 3.8) is 0 Å². The van der Waals surface area contributed by atoms with Gasteiger partial charge in [0, 0.05) is 12.0 Å². The average molecular weight is 412 g/mol. The molecule has 5 nitrogen and oxygen atoms in total. The van der Waals surface area contributed by atoms with Crippen molar-refractivity contribution in [3.05, 3.63) is 76.2 Å². The summed E-state index contributed by atoms with van der Waals surface area (Å²) in [6, 6.07) is 13.4. The van der Waals surface area contributed by atoms with Crippen molar-refractivity contribution in [2.24, 2.45) is 0 Å². The van der Waals surface area contributed by atoms with E-state index in [0.29, 0.717) is 17.3 Å². The molecule has 0 atom stereocenters. The van der Waals surface area contributed by atoms with Crippen LogP contribution in [0.1, 0.15) is 33.7 Å². The molecule has 0 aliphatic heterocycles. The van der Waals surface area contributed by atoms with E-state index in [0.717, 1.165) is 27.8 Å². The SMILES string of the molecule is Cc1ccccc1-c1nc(CS(=O)(=O)CC(=O)Cc2c(C)cccc2C)c(C)o1. The van der Waals surface area contributed by atoms with E-state index < -0.39 is 15.6 Å². The Morgan fingerprint density at radius 2 is 1.55 bits per heavy atom. The summed E-state index contributed by atoms with van der Waals surface area (Å²) < 4.78 is 31.0. The highest BCUT2D eigenvalue weighted by atomic mass is 32.2. The number of hydrogen-bond donors (Lipinski definition) is 0. The first-order valence-corrected chi connectivity index (χ1v) is 11.3. The number of carbonyl (C=O) groups is 1. The molecule has 152 valence electrons. The Balaban J connectivity index is 1.74. The monoisotopic (exact) mass is 411 g/mol. The van der Waals surface area contributed by atoms with Gasteiger partial charge in [0.15, 0.2) is 15.6 Å². The van der Waals surface area contributed by atoms with Crippen LogP contribution in [-0.2, 0) is 26.8 Å². The number of ketones is 1. The highest BCUT2D eigenvalue weighted by Crippen LogP contribution is 2.25. The van der Waals surface area contributed by atoms with Gasteiger partial charge in [-0.15, -0.1) is 0 Å². The Bertz CT molecular complexity index is 1140. The molecule has 0 unspecified atom stereocenters. The molecule has 3 aromatic rings. The number of hydrogen-bond acceptors (Lipinski definition) is 5. The molecule has 3 rings (SSSR count). The molecule has 0 aliphatic carbocycles. The number of carbonyl (C=O) groups excluding carboxylic acids is 1. The van der Waals surface area contributed by atoms with E-state index in [9.17, 15) is 13.2 Å². The van der Waals surface area contributed by atoms with Crippen LogP contribution in [0.25, 0.3) is 11.5 Å². The Labute approximate surface area is 171 Å². The number of benzene rings is 2. The topological polar surface area (TPSA) is 77.2 Å². The fourth-order valence-electron chi connectivity index (χ4n) is 3.37. The van der Waals surface area contributed by atoms with Gasteiger partial charge in [0.05, 0.1) is 11.4 Å².